The number of hydrogen-bond donors (Lipinski definition) is 0. The Kier molecular flexibility index (Phi) is 4.22. The third-order valence-electron chi connectivity index (χ3n) is 2.45. The maximum Gasteiger partial charge on any atom is 0.143 e. The third kappa shape index (κ3) is 3.01. The molecule has 0 saturated heterocycles. The molecule has 2 nitrogen and oxygen atoms in total. The lowest BCUT2D eigenvalue weighted by molar-refractivity contribution is -0.125. The van der Waals surface area contributed by atoms with Gasteiger partial charge in [-0.05, 0) is 5.56 Å². The molecular weight excluding hydrogens is 188 g/mol. The first-order chi connectivity index (χ1) is 7.16. The van der Waals surface area contributed by atoms with Crippen molar-refractivity contribution in [2.45, 2.75) is 26.2 Å². The first kappa shape index (κ1) is 11.6. The summed E-state index contributed by atoms with van der Waals surface area (Å²) in [6.07, 6.45) is 1.10. The van der Waals surface area contributed by atoms with Gasteiger partial charge in [0.2, 0.25) is 0 Å². The minimum atomic E-state index is -0.274. The number of aldehydes is 1. The molecule has 0 spiro atoms. The van der Waals surface area contributed by atoms with Crippen molar-refractivity contribution >= 4 is 12.1 Å². The Labute approximate surface area is 90.3 Å². The molecule has 2 heteroatoms. The summed E-state index contributed by atoms with van der Waals surface area (Å²) in [5.41, 5.74) is 0.934. The molecule has 1 rings (SSSR count). The van der Waals surface area contributed by atoms with E-state index in [9.17, 15) is 9.59 Å². The molecule has 0 heterocycles. The van der Waals surface area contributed by atoms with E-state index in [0.29, 0.717) is 0 Å². The minimum Gasteiger partial charge on any atom is -0.303 e. The van der Waals surface area contributed by atoms with E-state index < -0.39 is 0 Å². The zero-order chi connectivity index (χ0) is 11.3. The van der Waals surface area contributed by atoms with Crippen molar-refractivity contribution in [3.63, 3.8) is 0 Å². The van der Waals surface area contributed by atoms with E-state index in [-0.39, 0.29) is 24.0 Å². The van der Waals surface area contributed by atoms with Gasteiger partial charge in [0.15, 0.2) is 0 Å². The van der Waals surface area contributed by atoms with Crippen LogP contribution in [-0.4, -0.2) is 12.1 Å². The van der Waals surface area contributed by atoms with Crippen molar-refractivity contribution in [3.05, 3.63) is 35.9 Å². The van der Waals surface area contributed by atoms with Crippen LogP contribution in [0.15, 0.2) is 30.3 Å². The molecule has 80 valence electrons. The van der Waals surface area contributed by atoms with Crippen molar-refractivity contribution in [2.24, 2.45) is 5.92 Å². The van der Waals surface area contributed by atoms with Gasteiger partial charge in [0, 0.05) is 18.3 Å². The standard InChI is InChI=1S/C13H16O2/c1-10(2)13(15)12(8-9-14)11-6-4-3-5-7-11/h3-7,9-10,12H,8H2,1-2H3/t12-/m0/s1. The maximum absolute atomic E-state index is 11.9. The molecule has 0 radical (unpaired) electrons. The van der Waals surface area contributed by atoms with Crippen molar-refractivity contribution in [2.75, 3.05) is 0 Å². The smallest absolute Gasteiger partial charge is 0.143 e. The van der Waals surface area contributed by atoms with Crippen molar-refractivity contribution in [1.82, 2.24) is 0 Å². The lowest BCUT2D eigenvalue weighted by Gasteiger charge is -2.15. The highest BCUT2D eigenvalue weighted by Gasteiger charge is 2.22. The molecule has 0 aliphatic carbocycles. The second-order valence-electron chi connectivity index (χ2n) is 3.92. The van der Waals surface area contributed by atoms with Crippen molar-refractivity contribution < 1.29 is 9.59 Å². The fourth-order valence-corrected chi connectivity index (χ4v) is 1.60. The number of benzene rings is 1. The Balaban J connectivity index is 2.93. The fourth-order valence-electron chi connectivity index (χ4n) is 1.60. The highest BCUT2D eigenvalue weighted by atomic mass is 16.1. The third-order valence-corrected chi connectivity index (χ3v) is 2.45. The molecule has 0 amide bonds. The number of rotatable bonds is 5. The van der Waals surface area contributed by atoms with E-state index in [0.717, 1.165) is 11.8 Å². The predicted octanol–water partition coefficient (Wildman–Crippen LogP) is 2.58. The first-order valence-electron chi connectivity index (χ1n) is 5.19. The van der Waals surface area contributed by atoms with Crippen LogP contribution >= 0.6 is 0 Å². The Bertz CT molecular complexity index is 328. The van der Waals surface area contributed by atoms with Gasteiger partial charge >= 0.3 is 0 Å². The van der Waals surface area contributed by atoms with Gasteiger partial charge in [0.05, 0.1) is 0 Å². The number of carbonyl (C=O) groups is 2. The lowest BCUT2D eigenvalue weighted by atomic mass is 9.87. The minimum absolute atomic E-state index is 0.0323. The second kappa shape index (κ2) is 5.44. The molecule has 1 aromatic rings. The summed E-state index contributed by atoms with van der Waals surface area (Å²) < 4.78 is 0. The van der Waals surface area contributed by atoms with Crippen LogP contribution in [0.25, 0.3) is 0 Å². The van der Waals surface area contributed by atoms with Gasteiger partial charge < -0.3 is 4.79 Å². The van der Waals surface area contributed by atoms with Crippen LogP contribution in [0.4, 0.5) is 0 Å². The summed E-state index contributed by atoms with van der Waals surface area (Å²) in [7, 11) is 0. The molecule has 1 aromatic carbocycles. The molecule has 0 bridgehead atoms. The molecule has 0 aliphatic heterocycles. The van der Waals surface area contributed by atoms with E-state index in [1.54, 1.807) is 0 Å². The molecule has 0 N–H and O–H groups in total. The maximum atomic E-state index is 11.9. The molecule has 0 aliphatic rings. The van der Waals surface area contributed by atoms with Crippen molar-refractivity contribution in [1.29, 1.82) is 0 Å². The zero-order valence-corrected chi connectivity index (χ0v) is 9.14. The molecule has 0 fully saturated rings. The zero-order valence-electron chi connectivity index (χ0n) is 9.14. The van der Waals surface area contributed by atoms with E-state index in [1.165, 1.54) is 0 Å². The Morgan fingerprint density at radius 2 is 1.87 bits per heavy atom. The van der Waals surface area contributed by atoms with Gasteiger partial charge in [-0.2, -0.15) is 0 Å². The molecule has 0 aromatic heterocycles. The van der Waals surface area contributed by atoms with Crippen LogP contribution < -0.4 is 0 Å². The van der Waals surface area contributed by atoms with Gasteiger partial charge in [-0.1, -0.05) is 44.2 Å². The summed E-state index contributed by atoms with van der Waals surface area (Å²) in [5.74, 6) is -0.174. The number of Topliss-reactive ketones (excluding diaryl/α,β-unsaturated/α-hetero) is 1. The number of hydrogen-bond acceptors (Lipinski definition) is 2. The largest absolute Gasteiger partial charge is 0.303 e. The lowest BCUT2D eigenvalue weighted by Crippen LogP contribution is -2.18. The Hall–Kier alpha value is -1.44. The highest BCUT2D eigenvalue weighted by Crippen LogP contribution is 2.22. The van der Waals surface area contributed by atoms with Gasteiger partial charge in [-0.15, -0.1) is 0 Å². The predicted molar refractivity (Wildman–Crippen MR) is 59.7 cm³/mol. The van der Waals surface area contributed by atoms with Gasteiger partial charge in [0.1, 0.15) is 12.1 Å². The van der Waals surface area contributed by atoms with Crippen LogP contribution in [0.5, 0.6) is 0 Å². The van der Waals surface area contributed by atoms with E-state index >= 15 is 0 Å². The molecule has 0 saturated carbocycles. The summed E-state index contributed by atoms with van der Waals surface area (Å²) in [6.45, 7) is 3.73. The van der Waals surface area contributed by atoms with E-state index in [1.807, 2.05) is 44.2 Å². The van der Waals surface area contributed by atoms with Crippen LogP contribution in [0.2, 0.25) is 0 Å². The Morgan fingerprint density at radius 1 is 1.27 bits per heavy atom. The van der Waals surface area contributed by atoms with E-state index in [4.69, 9.17) is 0 Å². The summed E-state index contributed by atoms with van der Waals surface area (Å²) in [6, 6.07) is 9.48. The van der Waals surface area contributed by atoms with Crippen molar-refractivity contribution in [3.8, 4) is 0 Å². The topological polar surface area (TPSA) is 34.1 Å². The second-order valence-corrected chi connectivity index (χ2v) is 3.92. The molecule has 1 atom stereocenters. The van der Waals surface area contributed by atoms with Gasteiger partial charge in [-0.3, -0.25) is 4.79 Å². The van der Waals surface area contributed by atoms with Crippen LogP contribution in [0.1, 0.15) is 31.7 Å². The van der Waals surface area contributed by atoms with Gasteiger partial charge in [0.25, 0.3) is 0 Å². The van der Waals surface area contributed by atoms with Crippen LogP contribution in [0, 0.1) is 5.92 Å². The van der Waals surface area contributed by atoms with Gasteiger partial charge in [-0.25, -0.2) is 0 Å². The monoisotopic (exact) mass is 204 g/mol. The first-order valence-corrected chi connectivity index (χ1v) is 5.19. The number of carbonyl (C=O) groups excluding carboxylic acids is 2. The molecule has 0 unspecified atom stereocenters. The molecule has 15 heavy (non-hydrogen) atoms. The molecular formula is C13H16O2. The number of ketones is 1. The normalized spacial score (nSPS) is 12.5. The Morgan fingerprint density at radius 3 is 2.33 bits per heavy atom. The SMILES string of the molecule is CC(C)C(=O)[C@@H](CC=O)c1ccccc1. The average Bonchev–Trinajstić information content (AvgIpc) is 2.26. The summed E-state index contributed by atoms with van der Waals surface area (Å²) in [5, 5.41) is 0. The average molecular weight is 204 g/mol. The van der Waals surface area contributed by atoms with Crippen LogP contribution in [0.3, 0.4) is 0 Å². The quantitative estimate of drug-likeness (QED) is 0.691. The van der Waals surface area contributed by atoms with E-state index in [2.05, 4.69) is 0 Å². The fraction of sp³-hybridized carbons (Fsp3) is 0.385. The summed E-state index contributed by atoms with van der Waals surface area (Å²) in [4.78, 5) is 22.4. The highest BCUT2D eigenvalue weighted by molar-refractivity contribution is 5.89. The summed E-state index contributed by atoms with van der Waals surface area (Å²) >= 11 is 0. The van der Waals surface area contributed by atoms with Crippen LogP contribution in [-0.2, 0) is 9.59 Å².